The highest BCUT2D eigenvalue weighted by Crippen LogP contribution is 2.36. The van der Waals surface area contributed by atoms with Gasteiger partial charge < -0.3 is 9.26 Å². The van der Waals surface area contributed by atoms with Crippen LogP contribution in [-0.4, -0.2) is 22.7 Å². The summed E-state index contributed by atoms with van der Waals surface area (Å²) in [5.41, 5.74) is 2.13. The van der Waals surface area contributed by atoms with Crippen LogP contribution in [0.5, 0.6) is 0 Å². The quantitative estimate of drug-likeness (QED) is 0.608. The first-order chi connectivity index (χ1) is 13.5. The maximum atomic E-state index is 12.2. The number of ether oxygens (including phenoxy) is 1. The van der Waals surface area contributed by atoms with E-state index in [1.165, 1.54) is 6.26 Å². The maximum Gasteiger partial charge on any atom is 0.361 e. The average molecular weight is 393 g/mol. The van der Waals surface area contributed by atoms with Crippen molar-refractivity contribution < 1.29 is 14.1 Å². The smallest absolute Gasteiger partial charge is 0.361 e. The van der Waals surface area contributed by atoms with Gasteiger partial charge in [0.1, 0.15) is 18.4 Å². The Labute approximate surface area is 165 Å². The Kier molecular flexibility index (Phi) is 5.39. The van der Waals surface area contributed by atoms with Crippen molar-refractivity contribution in [3.05, 3.63) is 58.1 Å². The van der Waals surface area contributed by atoms with Gasteiger partial charge in [0.25, 0.3) is 0 Å². The Hall–Kier alpha value is -3.68. The van der Waals surface area contributed by atoms with Gasteiger partial charge in [-0.15, -0.1) is 0 Å². The molecule has 0 unspecified atom stereocenters. The Balaban J connectivity index is 2.33. The lowest BCUT2D eigenvalue weighted by atomic mass is 9.91. The third kappa shape index (κ3) is 3.32. The number of hydrogen-bond donors (Lipinski definition) is 0. The zero-order chi connectivity index (χ0) is 20.3. The second kappa shape index (κ2) is 7.91. The summed E-state index contributed by atoms with van der Waals surface area (Å²) in [5, 5.41) is 23.7. The van der Waals surface area contributed by atoms with Gasteiger partial charge >= 0.3 is 5.97 Å². The monoisotopic (exact) mass is 392 g/mol. The van der Waals surface area contributed by atoms with Crippen LogP contribution < -0.4 is 0 Å². The molecule has 0 N–H and O–H groups in total. The molecule has 0 aliphatic heterocycles. The van der Waals surface area contributed by atoms with Crippen molar-refractivity contribution in [3.8, 4) is 34.5 Å². The Morgan fingerprint density at radius 3 is 2.50 bits per heavy atom. The number of esters is 1. The molecule has 0 atom stereocenters. The molecule has 0 fully saturated rings. The van der Waals surface area contributed by atoms with Crippen molar-refractivity contribution >= 4 is 17.6 Å². The minimum Gasteiger partial charge on any atom is -0.461 e. The fourth-order valence-electron chi connectivity index (χ4n) is 2.80. The number of carbonyl (C=O) groups excluding carboxylic acids is 1. The summed E-state index contributed by atoms with van der Waals surface area (Å²) >= 11 is 5.96. The molecule has 0 bridgehead atoms. The van der Waals surface area contributed by atoms with Crippen molar-refractivity contribution in [2.75, 3.05) is 6.61 Å². The van der Waals surface area contributed by atoms with Crippen LogP contribution in [0.4, 0.5) is 0 Å². The second-order valence-electron chi connectivity index (χ2n) is 5.70. The van der Waals surface area contributed by atoms with Gasteiger partial charge in [-0.05, 0) is 31.5 Å². The minimum atomic E-state index is -0.688. The molecular formula is C20H13ClN4O3. The van der Waals surface area contributed by atoms with Crippen LogP contribution in [0.3, 0.4) is 0 Å². The predicted octanol–water partition coefficient (Wildman–Crippen LogP) is 4.29. The molecule has 2 heterocycles. The third-order valence-corrected chi connectivity index (χ3v) is 4.28. The lowest BCUT2D eigenvalue weighted by molar-refractivity contribution is 0.0515. The molecule has 1 aromatic carbocycles. The number of halogens is 1. The van der Waals surface area contributed by atoms with Crippen LogP contribution in [0, 0.1) is 29.6 Å². The van der Waals surface area contributed by atoms with Gasteiger partial charge in [0.05, 0.1) is 34.7 Å². The van der Waals surface area contributed by atoms with E-state index in [9.17, 15) is 15.3 Å². The van der Waals surface area contributed by atoms with Crippen LogP contribution >= 0.6 is 11.6 Å². The summed E-state index contributed by atoms with van der Waals surface area (Å²) in [5.74, 6) is -0.688. The summed E-state index contributed by atoms with van der Waals surface area (Å²) in [6.07, 6.45) is 1.23. The zero-order valence-electron chi connectivity index (χ0n) is 15.0. The molecule has 0 saturated carbocycles. The first-order valence-electron chi connectivity index (χ1n) is 8.24. The highest BCUT2D eigenvalue weighted by molar-refractivity contribution is 6.30. The number of carbonyl (C=O) groups is 1. The third-order valence-electron chi connectivity index (χ3n) is 4.03. The van der Waals surface area contributed by atoms with Crippen LogP contribution in [0.25, 0.3) is 22.4 Å². The van der Waals surface area contributed by atoms with Gasteiger partial charge in [-0.3, -0.25) is 4.98 Å². The van der Waals surface area contributed by atoms with Crippen molar-refractivity contribution in [2.45, 2.75) is 13.8 Å². The molecular weight excluding hydrogens is 380 g/mol. The zero-order valence-corrected chi connectivity index (χ0v) is 15.7. The van der Waals surface area contributed by atoms with Gasteiger partial charge in [-0.25, -0.2) is 4.79 Å². The fraction of sp³-hybridized carbons (Fsp3) is 0.150. The molecule has 2 aromatic heterocycles. The largest absolute Gasteiger partial charge is 0.461 e. The molecule has 8 heteroatoms. The van der Waals surface area contributed by atoms with Gasteiger partial charge in [-0.2, -0.15) is 10.5 Å². The van der Waals surface area contributed by atoms with Crippen LogP contribution in [-0.2, 0) is 4.74 Å². The molecule has 0 radical (unpaired) electrons. The molecule has 0 amide bonds. The topological polar surface area (TPSA) is 113 Å². The number of rotatable bonds is 4. The minimum absolute atomic E-state index is 0.0861. The summed E-state index contributed by atoms with van der Waals surface area (Å²) in [6, 6.07) is 11.0. The Morgan fingerprint density at radius 1 is 1.21 bits per heavy atom. The number of pyridine rings is 1. The predicted molar refractivity (Wildman–Crippen MR) is 100 cm³/mol. The molecule has 0 aliphatic rings. The van der Waals surface area contributed by atoms with Crippen molar-refractivity contribution in [3.63, 3.8) is 0 Å². The average Bonchev–Trinajstić information content (AvgIpc) is 3.18. The number of nitriles is 2. The van der Waals surface area contributed by atoms with E-state index in [-0.39, 0.29) is 34.7 Å². The molecule has 3 rings (SSSR count). The van der Waals surface area contributed by atoms with Crippen LogP contribution in [0.2, 0.25) is 5.02 Å². The molecule has 7 nitrogen and oxygen atoms in total. The van der Waals surface area contributed by atoms with E-state index in [2.05, 4.69) is 22.3 Å². The first kappa shape index (κ1) is 19.1. The van der Waals surface area contributed by atoms with Gasteiger partial charge in [0.15, 0.2) is 0 Å². The molecule has 0 saturated heterocycles. The first-order valence-corrected chi connectivity index (χ1v) is 8.62. The molecule has 0 spiro atoms. The van der Waals surface area contributed by atoms with Crippen molar-refractivity contribution in [2.24, 2.45) is 0 Å². The van der Waals surface area contributed by atoms with E-state index in [1.807, 2.05) is 0 Å². The standard InChI is InChI=1S/C20H13ClN4O3/c1-3-27-20(26)19-16(10-28-25-19)18-15(9-23)17(14(8-22)11(2)24-18)12-4-6-13(21)7-5-12/h4-7,10H,3H2,1-2H3. The van der Waals surface area contributed by atoms with E-state index in [0.717, 1.165) is 0 Å². The number of aryl methyl sites for hydroxylation is 1. The number of hydrogen-bond acceptors (Lipinski definition) is 7. The lowest BCUT2D eigenvalue weighted by Gasteiger charge is -2.13. The summed E-state index contributed by atoms with van der Waals surface area (Å²) < 4.78 is 9.93. The Bertz CT molecular complexity index is 1140. The summed E-state index contributed by atoms with van der Waals surface area (Å²) in [4.78, 5) is 16.6. The van der Waals surface area contributed by atoms with Crippen LogP contribution in [0.1, 0.15) is 34.2 Å². The lowest BCUT2D eigenvalue weighted by Crippen LogP contribution is -2.08. The van der Waals surface area contributed by atoms with E-state index in [4.69, 9.17) is 20.9 Å². The molecule has 3 aromatic rings. The normalized spacial score (nSPS) is 10.2. The van der Waals surface area contributed by atoms with Crippen molar-refractivity contribution in [1.82, 2.24) is 10.1 Å². The number of benzene rings is 1. The number of aromatic nitrogens is 2. The molecule has 28 heavy (non-hydrogen) atoms. The van der Waals surface area contributed by atoms with E-state index >= 15 is 0 Å². The van der Waals surface area contributed by atoms with E-state index in [1.54, 1.807) is 38.1 Å². The van der Waals surface area contributed by atoms with Crippen molar-refractivity contribution in [1.29, 1.82) is 10.5 Å². The van der Waals surface area contributed by atoms with E-state index in [0.29, 0.717) is 21.8 Å². The maximum absolute atomic E-state index is 12.2. The molecule has 138 valence electrons. The second-order valence-corrected chi connectivity index (χ2v) is 6.14. The molecule has 0 aliphatic carbocycles. The summed E-state index contributed by atoms with van der Waals surface area (Å²) in [6.45, 7) is 3.48. The highest BCUT2D eigenvalue weighted by Gasteiger charge is 2.26. The highest BCUT2D eigenvalue weighted by atomic mass is 35.5. The Morgan fingerprint density at radius 2 is 1.89 bits per heavy atom. The SMILES string of the molecule is CCOC(=O)c1nocc1-c1nc(C)c(C#N)c(-c2ccc(Cl)cc2)c1C#N. The fourth-order valence-corrected chi connectivity index (χ4v) is 2.93. The van der Waals surface area contributed by atoms with E-state index < -0.39 is 5.97 Å². The summed E-state index contributed by atoms with van der Waals surface area (Å²) in [7, 11) is 0. The van der Waals surface area contributed by atoms with Gasteiger partial charge in [-0.1, -0.05) is 28.9 Å². The van der Waals surface area contributed by atoms with Gasteiger partial charge in [0.2, 0.25) is 5.69 Å². The van der Waals surface area contributed by atoms with Crippen LogP contribution in [0.15, 0.2) is 35.1 Å². The number of nitrogens with zero attached hydrogens (tertiary/aromatic N) is 4. The van der Waals surface area contributed by atoms with Gasteiger partial charge in [0, 0.05) is 10.6 Å².